The van der Waals surface area contributed by atoms with Crippen LogP contribution in [-0.4, -0.2) is 18.8 Å². The van der Waals surface area contributed by atoms with Crippen molar-refractivity contribution in [3.63, 3.8) is 0 Å². The third-order valence-corrected chi connectivity index (χ3v) is 4.53. The van der Waals surface area contributed by atoms with E-state index < -0.39 is 20.9 Å². The van der Waals surface area contributed by atoms with Crippen LogP contribution in [0, 0.1) is 0 Å². The maximum absolute atomic E-state index is 11.6. The molecule has 0 saturated carbocycles. The number of ketones is 1. The number of nitrogen functional groups attached to an aromatic ring is 2. The summed E-state index contributed by atoms with van der Waals surface area (Å²) in [4.78, 5) is 11.2. The number of anilines is 2. The topological polar surface area (TPSA) is 123 Å². The van der Waals surface area contributed by atoms with Gasteiger partial charge < -0.3 is 11.5 Å². The molecular formula is C14H16N2O4S. The lowest BCUT2D eigenvalue weighted by Crippen LogP contribution is -2.09. The Morgan fingerprint density at radius 3 is 2.38 bits per heavy atom. The van der Waals surface area contributed by atoms with Crippen molar-refractivity contribution in [3.05, 3.63) is 29.8 Å². The third kappa shape index (κ3) is 2.57. The Kier molecular flexibility index (Phi) is 3.65. The van der Waals surface area contributed by atoms with Gasteiger partial charge in [0.25, 0.3) is 10.1 Å². The van der Waals surface area contributed by atoms with Crippen LogP contribution in [0.1, 0.15) is 25.3 Å². The number of carbonyl (C=O) groups excluding carboxylic acids is 1. The van der Waals surface area contributed by atoms with Crippen molar-refractivity contribution >= 4 is 38.0 Å². The average molecular weight is 308 g/mol. The normalized spacial score (nSPS) is 13.3. The quantitative estimate of drug-likeness (QED) is 0.588. The molecule has 0 aliphatic heterocycles. The minimum atomic E-state index is -4.54. The molecule has 0 saturated heterocycles. The third-order valence-electron chi connectivity index (χ3n) is 3.57. The fraction of sp³-hybridized carbons (Fsp3) is 0.214. The smallest absolute Gasteiger partial charge is 0.297 e. The number of benzene rings is 2. The standard InChI is InChI=1S/C14H16N2O4S/c1-7(8(2)17)9-4-3-5-10-11(9)6-12(15)13(16)14(10)21(18,19)20/h3-7H,15-16H2,1-2H3,(H,18,19,20). The van der Waals surface area contributed by atoms with Crippen LogP contribution < -0.4 is 11.5 Å². The number of fused-ring (bicyclic) bond motifs is 1. The van der Waals surface area contributed by atoms with Crippen LogP contribution in [0.3, 0.4) is 0 Å². The van der Waals surface area contributed by atoms with Gasteiger partial charge in [-0.1, -0.05) is 25.1 Å². The summed E-state index contributed by atoms with van der Waals surface area (Å²) >= 11 is 0. The SMILES string of the molecule is CC(=O)C(C)c1cccc2c(S(=O)(=O)O)c(N)c(N)cc12. The fourth-order valence-corrected chi connectivity index (χ4v) is 3.18. The van der Waals surface area contributed by atoms with E-state index >= 15 is 0 Å². The zero-order valence-electron chi connectivity index (χ0n) is 11.6. The molecule has 1 atom stereocenters. The summed E-state index contributed by atoms with van der Waals surface area (Å²) in [6, 6.07) is 6.37. The van der Waals surface area contributed by atoms with Crippen LogP contribution in [0.5, 0.6) is 0 Å². The molecule has 0 radical (unpaired) electrons. The van der Waals surface area contributed by atoms with E-state index in [1.54, 1.807) is 19.1 Å². The van der Waals surface area contributed by atoms with E-state index in [0.717, 1.165) is 0 Å². The molecule has 5 N–H and O–H groups in total. The van der Waals surface area contributed by atoms with E-state index in [9.17, 15) is 17.8 Å². The van der Waals surface area contributed by atoms with E-state index in [2.05, 4.69) is 0 Å². The first kappa shape index (κ1) is 15.3. The molecule has 0 bridgehead atoms. The van der Waals surface area contributed by atoms with Crippen molar-refractivity contribution in [1.82, 2.24) is 0 Å². The lowest BCUT2D eigenvalue weighted by molar-refractivity contribution is -0.118. The fourth-order valence-electron chi connectivity index (χ4n) is 2.33. The van der Waals surface area contributed by atoms with E-state index in [4.69, 9.17) is 11.5 Å². The molecule has 0 heterocycles. The summed E-state index contributed by atoms with van der Waals surface area (Å²) < 4.78 is 32.6. The number of hydrogen-bond acceptors (Lipinski definition) is 5. The Hall–Kier alpha value is -2.12. The highest BCUT2D eigenvalue weighted by atomic mass is 32.2. The van der Waals surface area contributed by atoms with Gasteiger partial charge in [0.15, 0.2) is 0 Å². The molecule has 1 unspecified atom stereocenters. The van der Waals surface area contributed by atoms with E-state index in [-0.39, 0.29) is 22.5 Å². The van der Waals surface area contributed by atoms with Crippen LogP contribution in [-0.2, 0) is 14.9 Å². The monoisotopic (exact) mass is 308 g/mol. The van der Waals surface area contributed by atoms with Crippen LogP contribution in [0.4, 0.5) is 11.4 Å². The van der Waals surface area contributed by atoms with Crippen molar-refractivity contribution < 1.29 is 17.8 Å². The molecule has 0 amide bonds. The second kappa shape index (κ2) is 5.01. The van der Waals surface area contributed by atoms with Gasteiger partial charge in [0, 0.05) is 11.3 Å². The molecule has 7 heteroatoms. The summed E-state index contributed by atoms with van der Waals surface area (Å²) in [5.41, 5.74) is 11.9. The largest absolute Gasteiger partial charge is 0.397 e. The molecule has 0 aliphatic rings. The minimum Gasteiger partial charge on any atom is -0.397 e. The van der Waals surface area contributed by atoms with Gasteiger partial charge in [-0.2, -0.15) is 8.42 Å². The second-order valence-corrected chi connectivity index (χ2v) is 6.32. The lowest BCUT2D eigenvalue weighted by atomic mass is 9.92. The first-order valence-corrected chi connectivity index (χ1v) is 7.67. The molecular weight excluding hydrogens is 292 g/mol. The first-order chi connectivity index (χ1) is 9.64. The zero-order valence-corrected chi connectivity index (χ0v) is 12.4. The van der Waals surface area contributed by atoms with Crippen LogP contribution in [0.2, 0.25) is 0 Å². The van der Waals surface area contributed by atoms with Crippen LogP contribution in [0.25, 0.3) is 10.8 Å². The summed E-state index contributed by atoms with van der Waals surface area (Å²) in [5, 5.41) is 0.731. The molecule has 0 fully saturated rings. The van der Waals surface area contributed by atoms with Crippen LogP contribution >= 0.6 is 0 Å². The van der Waals surface area contributed by atoms with Gasteiger partial charge in [-0.15, -0.1) is 0 Å². The van der Waals surface area contributed by atoms with Crippen molar-refractivity contribution in [2.75, 3.05) is 11.5 Å². The molecule has 2 rings (SSSR count). The molecule has 21 heavy (non-hydrogen) atoms. The number of hydrogen-bond donors (Lipinski definition) is 3. The van der Waals surface area contributed by atoms with Crippen molar-refractivity contribution in [3.8, 4) is 0 Å². The molecule has 2 aromatic rings. The van der Waals surface area contributed by atoms with E-state index in [1.807, 2.05) is 0 Å². The number of carbonyl (C=O) groups is 1. The van der Waals surface area contributed by atoms with Gasteiger partial charge in [0.05, 0.1) is 11.4 Å². The average Bonchev–Trinajstić information content (AvgIpc) is 2.37. The van der Waals surface area contributed by atoms with Gasteiger partial charge in [0.2, 0.25) is 0 Å². The second-order valence-electron chi connectivity index (χ2n) is 4.96. The van der Waals surface area contributed by atoms with Crippen molar-refractivity contribution in [1.29, 1.82) is 0 Å². The minimum absolute atomic E-state index is 0.0401. The number of nitrogens with two attached hydrogens (primary N) is 2. The zero-order chi connectivity index (χ0) is 15.9. The maximum Gasteiger partial charge on any atom is 0.297 e. The Labute approximate surface area is 122 Å². The highest BCUT2D eigenvalue weighted by Crippen LogP contribution is 2.37. The predicted molar refractivity (Wildman–Crippen MR) is 81.7 cm³/mol. The molecule has 0 spiro atoms. The Balaban J connectivity index is 2.98. The van der Waals surface area contributed by atoms with Crippen molar-refractivity contribution in [2.45, 2.75) is 24.7 Å². The van der Waals surface area contributed by atoms with Gasteiger partial charge in [-0.25, -0.2) is 0 Å². The number of rotatable bonds is 3. The van der Waals surface area contributed by atoms with Crippen molar-refractivity contribution in [2.24, 2.45) is 0 Å². The van der Waals surface area contributed by atoms with Gasteiger partial charge in [-0.05, 0) is 23.9 Å². The van der Waals surface area contributed by atoms with Crippen LogP contribution in [0.15, 0.2) is 29.2 Å². The first-order valence-electron chi connectivity index (χ1n) is 6.23. The van der Waals surface area contributed by atoms with Gasteiger partial charge in [-0.3, -0.25) is 9.35 Å². The summed E-state index contributed by atoms with van der Waals surface area (Å²) in [6.45, 7) is 3.17. The summed E-state index contributed by atoms with van der Waals surface area (Å²) in [6.07, 6.45) is 0. The summed E-state index contributed by atoms with van der Waals surface area (Å²) in [7, 11) is -4.54. The number of Topliss-reactive ketones (excluding diaryl/α,β-unsaturated/α-hetero) is 1. The highest BCUT2D eigenvalue weighted by molar-refractivity contribution is 7.86. The Morgan fingerprint density at radius 1 is 1.24 bits per heavy atom. The van der Waals surface area contributed by atoms with E-state index in [0.29, 0.717) is 10.9 Å². The highest BCUT2D eigenvalue weighted by Gasteiger charge is 2.23. The molecule has 2 aromatic carbocycles. The van der Waals surface area contributed by atoms with E-state index in [1.165, 1.54) is 19.1 Å². The Morgan fingerprint density at radius 2 is 1.86 bits per heavy atom. The predicted octanol–water partition coefficient (Wildman–Crippen LogP) is 1.94. The van der Waals surface area contributed by atoms with Gasteiger partial charge in [0.1, 0.15) is 10.7 Å². The summed E-state index contributed by atoms with van der Waals surface area (Å²) in [5.74, 6) is -0.489. The molecule has 6 nitrogen and oxygen atoms in total. The lowest BCUT2D eigenvalue weighted by Gasteiger charge is -2.16. The molecule has 0 aromatic heterocycles. The maximum atomic E-state index is 11.6. The molecule has 112 valence electrons. The Bertz CT molecular complexity index is 844. The van der Waals surface area contributed by atoms with Gasteiger partial charge >= 0.3 is 0 Å². The molecule has 0 aliphatic carbocycles.